The molecule has 3 rings (SSSR count). The van der Waals surface area contributed by atoms with Crippen LogP contribution in [-0.2, 0) is 12.5 Å². The summed E-state index contributed by atoms with van der Waals surface area (Å²) in [5.41, 5.74) is 1.46. The van der Waals surface area contributed by atoms with E-state index in [1.165, 1.54) is 0 Å². The predicted molar refractivity (Wildman–Crippen MR) is 71.8 cm³/mol. The van der Waals surface area contributed by atoms with Crippen molar-refractivity contribution in [1.82, 2.24) is 4.57 Å². The van der Waals surface area contributed by atoms with Gasteiger partial charge in [0, 0.05) is 18.0 Å². The van der Waals surface area contributed by atoms with Crippen molar-refractivity contribution >= 4 is 10.9 Å². The van der Waals surface area contributed by atoms with Crippen molar-refractivity contribution in [2.75, 3.05) is 6.61 Å². The van der Waals surface area contributed by atoms with Crippen molar-refractivity contribution in [3.05, 3.63) is 46.2 Å². The first-order valence-corrected chi connectivity index (χ1v) is 6.38. The second-order valence-electron chi connectivity index (χ2n) is 5.27. The van der Waals surface area contributed by atoms with Crippen LogP contribution in [0.5, 0.6) is 0 Å². The zero-order valence-electron chi connectivity index (χ0n) is 10.5. The van der Waals surface area contributed by atoms with Crippen LogP contribution in [0.4, 0.5) is 0 Å². The zero-order chi connectivity index (χ0) is 12.8. The van der Waals surface area contributed by atoms with Gasteiger partial charge in [-0.2, -0.15) is 0 Å². The molecule has 3 heteroatoms. The fourth-order valence-electron chi connectivity index (χ4n) is 2.92. The molecule has 1 saturated carbocycles. The summed E-state index contributed by atoms with van der Waals surface area (Å²) in [6, 6.07) is 9.84. The molecule has 3 nitrogen and oxygen atoms in total. The van der Waals surface area contributed by atoms with Crippen LogP contribution in [0.1, 0.15) is 24.8 Å². The number of para-hydroxylation sites is 1. The number of nitrogens with zero attached hydrogens (tertiary/aromatic N) is 1. The summed E-state index contributed by atoms with van der Waals surface area (Å²) in [5.74, 6) is 0. The van der Waals surface area contributed by atoms with Gasteiger partial charge in [-0.25, -0.2) is 0 Å². The molecule has 0 unspecified atom stereocenters. The number of benzene rings is 1. The molecule has 1 aliphatic carbocycles. The Labute approximate surface area is 106 Å². The highest BCUT2D eigenvalue weighted by molar-refractivity contribution is 5.79. The highest BCUT2D eigenvalue weighted by atomic mass is 16.3. The monoisotopic (exact) mass is 243 g/mol. The molecule has 0 radical (unpaired) electrons. The Balaban J connectivity index is 2.31. The van der Waals surface area contributed by atoms with E-state index in [2.05, 4.69) is 0 Å². The van der Waals surface area contributed by atoms with Crippen molar-refractivity contribution in [3.8, 4) is 0 Å². The standard InChI is InChI=1S/C15H17NO2/c1-16-13-6-3-2-5-11(13)9-12(14(16)18)15(10-17)7-4-8-15/h2-3,5-6,9,17H,4,7-8,10H2,1H3. The molecule has 0 amide bonds. The van der Waals surface area contributed by atoms with Crippen molar-refractivity contribution in [3.63, 3.8) is 0 Å². The summed E-state index contributed by atoms with van der Waals surface area (Å²) in [4.78, 5) is 12.4. The van der Waals surface area contributed by atoms with Crippen LogP contribution in [0.3, 0.4) is 0 Å². The van der Waals surface area contributed by atoms with Gasteiger partial charge >= 0.3 is 0 Å². The minimum atomic E-state index is -0.293. The van der Waals surface area contributed by atoms with E-state index in [0.717, 1.165) is 35.7 Å². The number of aryl methyl sites for hydroxylation is 1. The molecule has 1 fully saturated rings. The van der Waals surface area contributed by atoms with Gasteiger partial charge in [0.15, 0.2) is 0 Å². The molecule has 18 heavy (non-hydrogen) atoms. The SMILES string of the molecule is Cn1c(=O)c(C2(CO)CCC2)cc2ccccc21. The molecule has 0 bridgehead atoms. The van der Waals surface area contributed by atoms with Crippen molar-refractivity contribution in [2.24, 2.45) is 7.05 Å². The number of aromatic nitrogens is 1. The molecule has 1 aromatic heterocycles. The average molecular weight is 243 g/mol. The van der Waals surface area contributed by atoms with E-state index < -0.39 is 0 Å². The van der Waals surface area contributed by atoms with Crippen molar-refractivity contribution in [2.45, 2.75) is 24.7 Å². The number of rotatable bonds is 2. The minimum Gasteiger partial charge on any atom is -0.395 e. The van der Waals surface area contributed by atoms with Crippen LogP contribution in [-0.4, -0.2) is 16.3 Å². The van der Waals surface area contributed by atoms with Gasteiger partial charge in [0.25, 0.3) is 5.56 Å². The fourth-order valence-corrected chi connectivity index (χ4v) is 2.92. The Bertz CT molecular complexity index is 648. The lowest BCUT2D eigenvalue weighted by molar-refractivity contribution is 0.119. The Hall–Kier alpha value is -1.61. The average Bonchev–Trinajstić information content (AvgIpc) is 2.35. The summed E-state index contributed by atoms with van der Waals surface area (Å²) in [6.07, 6.45) is 2.92. The van der Waals surface area contributed by atoms with E-state index in [4.69, 9.17) is 0 Å². The third-order valence-electron chi connectivity index (χ3n) is 4.32. The maximum absolute atomic E-state index is 12.4. The van der Waals surface area contributed by atoms with Gasteiger partial charge in [0.2, 0.25) is 0 Å². The normalized spacial score (nSPS) is 17.7. The van der Waals surface area contributed by atoms with Gasteiger partial charge in [-0.15, -0.1) is 0 Å². The number of aliphatic hydroxyl groups is 1. The molecule has 0 atom stereocenters. The summed E-state index contributed by atoms with van der Waals surface area (Å²) in [6.45, 7) is 0.0700. The third kappa shape index (κ3) is 1.44. The maximum atomic E-state index is 12.4. The molecule has 1 heterocycles. The molecule has 1 N–H and O–H groups in total. The highest BCUT2D eigenvalue weighted by Crippen LogP contribution is 2.42. The first-order chi connectivity index (χ1) is 8.68. The van der Waals surface area contributed by atoms with Gasteiger partial charge in [-0.1, -0.05) is 24.6 Å². The van der Waals surface area contributed by atoms with Crippen molar-refractivity contribution in [1.29, 1.82) is 0 Å². The Morgan fingerprint density at radius 3 is 2.67 bits per heavy atom. The number of hydrogen-bond acceptors (Lipinski definition) is 2. The highest BCUT2D eigenvalue weighted by Gasteiger charge is 2.40. The number of hydrogen-bond donors (Lipinski definition) is 1. The molecular formula is C15H17NO2. The summed E-state index contributed by atoms with van der Waals surface area (Å²) < 4.78 is 1.69. The molecular weight excluding hydrogens is 226 g/mol. The first kappa shape index (κ1) is 11.5. The first-order valence-electron chi connectivity index (χ1n) is 6.38. The van der Waals surface area contributed by atoms with Crippen LogP contribution < -0.4 is 5.56 Å². The second kappa shape index (κ2) is 3.95. The van der Waals surface area contributed by atoms with E-state index in [0.29, 0.717) is 0 Å². The van der Waals surface area contributed by atoms with Crippen LogP contribution in [0.15, 0.2) is 35.1 Å². The number of aliphatic hydroxyl groups excluding tert-OH is 1. The largest absolute Gasteiger partial charge is 0.395 e. The van der Waals surface area contributed by atoms with E-state index >= 15 is 0 Å². The van der Waals surface area contributed by atoms with Gasteiger partial charge in [0.1, 0.15) is 0 Å². The lowest BCUT2D eigenvalue weighted by Crippen LogP contribution is -2.43. The molecule has 94 valence electrons. The van der Waals surface area contributed by atoms with E-state index in [1.54, 1.807) is 11.6 Å². The molecule has 0 spiro atoms. The molecule has 1 aliphatic rings. The quantitative estimate of drug-likeness (QED) is 0.876. The summed E-state index contributed by atoms with van der Waals surface area (Å²) in [5, 5.41) is 10.7. The Morgan fingerprint density at radius 2 is 2.06 bits per heavy atom. The maximum Gasteiger partial charge on any atom is 0.254 e. The van der Waals surface area contributed by atoms with Gasteiger partial charge in [-0.3, -0.25) is 4.79 Å². The predicted octanol–water partition coefficient (Wildman–Crippen LogP) is 1.95. The minimum absolute atomic E-state index is 0.0300. The molecule has 2 aromatic rings. The summed E-state index contributed by atoms with van der Waals surface area (Å²) in [7, 11) is 1.80. The van der Waals surface area contributed by atoms with E-state index in [-0.39, 0.29) is 17.6 Å². The molecule has 1 aromatic carbocycles. The Morgan fingerprint density at radius 1 is 1.33 bits per heavy atom. The van der Waals surface area contributed by atoms with Crippen LogP contribution in [0.25, 0.3) is 10.9 Å². The zero-order valence-corrected chi connectivity index (χ0v) is 10.5. The smallest absolute Gasteiger partial charge is 0.254 e. The Kier molecular flexibility index (Phi) is 2.52. The molecule has 0 saturated heterocycles. The van der Waals surface area contributed by atoms with Crippen LogP contribution >= 0.6 is 0 Å². The van der Waals surface area contributed by atoms with Crippen LogP contribution in [0, 0.1) is 0 Å². The van der Waals surface area contributed by atoms with Gasteiger partial charge in [0.05, 0.1) is 12.1 Å². The summed E-state index contributed by atoms with van der Waals surface area (Å²) >= 11 is 0. The fraction of sp³-hybridized carbons (Fsp3) is 0.400. The number of pyridine rings is 1. The topological polar surface area (TPSA) is 42.2 Å². The third-order valence-corrected chi connectivity index (χ3v) is 4.32. The van der Waals surface area contributed by atoms with Crippen molar-refractivity contribution < 1.29 is 5.11 Å². The lowest BCUT2D eigenvalue weighted by Gasteiger charge is -2.40. The van der Waals surface area contributed by atoms with E-state index in [1.807, 2.05) is 30.3 Å². The molecule has 0 aliphatic heterocycles. The second-order valence-corrected chi connectivity index (χ2v) is 5.27. The van der Waals surface area contributed by atoms with Gasteiger partial charge in [-0.05, 0) is 30.4 Å². The van der Waals surface area contributed by atoms with E-state index in [9.17, 15) is 9.90 Å². The lowest BCUT2D eigenvalue weighted by atomic mass is 9.65. The van der Waals surface area contributed by atoms with Crippen LogP contribution in [0.2, 0.25) is 0 Å². The number of fused-ring (bicyclic) bond motifs is 1. The van der Waals surface area contributed by atoms with Gasteiger partial charge < -0.3 is 9.67 Å².